The normalized spacial score (nSPS) is 19.8. The van der Waals surface area contributed by atoms with Crippen molar-refractivity contribution in [3.8, 4) is 0 Å². The molecule has 1 aliphatic heterocycles. The van der Waals surface area contributed by atoms with E-state index >= 15 is 0 Å². The third kappa shape index (κ3) is 0.658. The fraction of sp³-hybridized carbons (Fsp3) is 0.250. The van der Waals surface area contributed by atoms with Gasteiger partial charge in [-0.05, 0) is 0 Å². The van der Waals surface area contributed by atoms with Gasteiger partial charge in [-0.2, -0.15) is 0 Å². The topological polar surface area (TPSA) is 12.0 Å². The van der Waals surface area contributed by atoms with E-state index < -0.39 is 0 Å². The molecular formula is C4H5ClN. The largest absolute Gasteiger partial charge is 0.385 e. The van der Waals surface area contributed by atoms with Gasteiger partial charge in [0.1, 0.15) is 0 Å². The van der Waals surface area contributed by atoms with E-state index in [2.05, 4.69) is 5.32 Å². The Balaban J connectivity index is 2.45. The molecule has 33 valence electrons. The smallest absolute Gasteiger partial charge is 0.0510 e. The van der Waals surface area contributed by atoms with Gasteiger partial charge in [-0.25, -0.2) is 0 Å². The predicted molar refractivity (Wildman–Crippen MR) is 26.0 cm³/mol. The summed E-state index contributed by atoms with van der Waals surface area (Å²) in [4.78, 5) is 0. The second kappa shape index (κ2) is 1.52. The molecule has 0 unspecified atom stereocenters. The van der Waals surface area contributed by atoms with Crippen molar-refractivity contribution < 1.29 is 0 Å². The number of rotatable bonds is 0. The van der Waals surface area contributed by atoms with E-state index in [0.717, 1.165) is 11.5 Å². The third-order valence-corrected chi connectivity index (χ3v) is 0.918. The Labute approximate surface area is 42.0 Å². The molecule has 0 aromatic rings. The number of nitrogens with one attached hydrogen (secondary N) is 1. The molecule has 0 aliphatic carbocycles. The van der Waals surface area contributed by atoms with Gasteiger partial charge in [0.05, 0.1) is 6.54 Å². The molecule has 1 heterocycles. The first-order chi connectivity index (χ1) is 2.89. The minimum absolute atomic E-state index is 0.877. The summed E-state index contributed by atoms with van der Waals surface area (Å²) in [6.07, 6.45) is 2.66. The van der Waals surface area contributed by atoms with E-state index in [-0.39, 0.29) is 0 Å². The molecule has 0 bridgehead atoms. The quantitative estimate of drug-likeness (QED) is 0.485. The van der Waals surface area contributed by atoms with Crippen LogP contribution in [0.4, 0.5) is 0 Å². The Morgan fingerprint density at radius 1 is 1.83 bits per heavy atom. The number of hydrogen-bond donors (Lipinski definition) is 1. The Bertz CT molecular complexity index is 77.6. The van der Waals surface area contributed by atoms with E-state index in [9.17, 15) is 0 Å². The van der Waals surface area contributed by atoms with Crippen molar-refractivity contribution in [2.24, 2.45) is 0 Å². The molecule has 1 aliphatic rings. The van der Waals surface area contributed by atoms with Crippen LogP contribution in [0.3, 0.4) is 0 Å². The zero-order valence-electron chi connectivity index (χ0n) is 3.24. The van der Waals surface area contributed by atoms with Crippen LogP contribution in [-0.2, 0) is 0 Å². The molecular weight excluding hydrogens is 97.5 g/mol. The van der Waals surface area contributed by atoms with Crippen LogP contribution in [-0.4, -0.2) is 0 Å². The first-order valence-corrected chi connectivity index (χ1v) is 2.19. The Kier molecular flexibility index (Phi) is 1.01. The minimum atomic E-state index is 0.877. The Morgan fingerprint density at radius 2 is 2.67 bits per heavy atom. The standard InChI is InChI=1S/C4H5ClN/c5-4-1-2-6-3-4/h2-3,6H,1H2. The number of hydrogen-bond acceptors (Lipinski definition) is 1. The Morgan fingerprint density at radius 3 is 2.83 bits per heavy atom. The van der Waals surface area contributed by atoms with Gasteiger partial charge in [0.25, 0.3) is 0 Å². The van der Waals surface area contributed by atoms with Crippen LogP contribution in [0.5, 0.6) is 0 Å². The molecule has 2 heteroatoms. The molecule has 0 saturated heterocycles. The highest BCUT2D eigenvalue weighted by molar-refractivity contribution is 6.29. The van der Waals surface area contributed by atoms with Crippen molar-refractivity contribution in [1.82, 2.24) is 5.32 Å². The van der Waals surface area contributed by atoms with Crippen LogP contribution in [0.2, 0.25) is 0 Å². The molecule has 0 aromatic heterocycles. The highest BCUT2D eigenvalue weighted by Gasteiger charge is 1.96. The van der Waals surface area contributed by atoms with Gasteiger partial charge in [0.2, 0.25) is 0 Å². The van der Waals surface area contributed by atoms with Crippen molar-refractivity contribution in [2.45, 2.75) is 6.42 Å². The highest BCUT2D eigenvalue weighted by Crippen LogP contribution is 2.11. The Hall–Kier alpha value is -0.170. The maximum atomic E-state index is 5.48. The molecule has 1 radical (unpaired) electrons. The summed E-state index contributed by atoms with van der Waals surface area (Å²) in [5.74, 6) is 0. The van der Waals surface area contributed by atoms with Crippen LogP contribution in [0, 0.1) is 6.54 Å². The highest BCUT2D eigenvalue weighted by atomic mass is 35.5. The van der Waals surface area contributed by atoms with Crippen LogP contribution in [0.1, 0.15) is 6.42 Å². The monoisotopic (exact) mass is 102 g/mol. The zero-order valence-corrected chi connectivity index (χ0v) is 4.00. The lowest BCUT2D eigenvalue weighted by molar-refractivity contribution is 1.06. The molecule has 0 spiro atoms. The van der Waals surface area contributed by atoms with Gasteiger partial charge < -0.3 is 5.32 Å². The van der Waals surface area contributed by atoms with Crippen molar-refractivity contribution in [3.63, 3.8) is 0 Å². The van der Waals surface area contributed by atoms with Gasteiger partial charge in [-0.3, -0.25) is 0 Å². The van der Waals surface area contributed by atoms with Crippen LogP contribution < -0.4 is 5.32 Å². The summed E-state index contributed by atoms with van der Waals surface area (Å²) in [6, 6.07) is 0. The van der Waals surface area contributed by atoms with Crippen molar-refractivity contribution in [1.29, 1.82) is 0 Å². The van der Waals surface area contributed by atoms with Gasteiger partial charge in [-0.1, -0.05) is 11.6 Å². The lowest BCUT2D eigenvalue weighted by Gasteiger charge is -1.77. The molecule has 0 atom stereocenters. The van der Waals surface area contributed by atoms with Gasteiger partial charge in [0, 0.05) is 17.7 Å². The molecule has 1 rings (SSSR count). The van der Waals surface area contributed by atoms with E-state index in [1.165, 1.54) is 0 Å². The SMILES string of the molecule is ClC1=CN[CH]C1. The van der Waals surface area contributed by atoms with Crippen LogP contribution in [0.15, 0.2) is 11.2 Å². The van der Waals surface area contributed by atoms with E-state index in [1.54, 1.807) is 6.20 Å². The van der Waals surface area contributed by atoms with Gasteiger partial charge >= 0.3 is 0 Å². The first-order valence-electron chi connectivity index (χ1n) is 1.82. The maximum absolute atomic E-state index is 5.48. The van der Waals surface area contributed by atoms with Crippen LogP contribution >= 0.6 is 11.6 Å². The molecule has 1 N–H and O–H groups in total. The fourth-order valence-corrected chi connectivity index (χ4v) is 0.505. The fourth-order valence-electron chi connectivity index (χ4n) is 0.365. The summed E-state index contributed by atoms with van der Waals surface area (Å²) in [5.41, 5.74) is 0. The van der Waals surface area contributed by atoms with E-state index in [0.29, 0.717) is 0 Å². The van der Waals surface area contributed by atoms with Crippen molar-refractivity contribution >= 4 is 11.6 Å². The summed E-state index contributed by atoms with van der Waals surface area (Å²) < 4.78 is 0. The molecule has 0 fully saturated rings. The van der Waals surface area contributed by atoms with Gasteiger partial charge in [0.15, 0.2) is 0 Å². The molecule has 6 heavy (non-hydrogen) atoms. The first kappa shape index (κ1) is 4.00. The molecule has 0 amide bonds. The lowest BCUT2D eigenvalue weighted by atomic mass is 10.5. The average Bonchev–Trinajstić information content (AvgIpc) is 1.86. The van der Waals surface area contributed by atoms with Gasteiger partial charge in [-0.15, -0.1) is 0 Å². The third-order valence-electron chi connectivity index (χ3n) is 0.655. The van der Waals surface area contributed by atoms with Crippen LogP contribution in [0.25, 0.3) is 0 Å². The average molecular weight is 103 g/mol. The summed E-state index contributed by atoms with van der Waals surface area (Å²) in [7, 11) is 0. The molecule has 0 aromatic carbocycles. The lowest BCUT2D eigenvalue weighted by Crippen LogP contribution is -1.88. The molecule has 1 nitrogen and oxygen atoms in total. The zero-order chi connectivity index (χ0) is 4.41. The number of halogens is 1. The van der Waals surface area contributed by atoms with Crippen molar-refractivity contribution in [2.75, 3.05) is 0 Å². The second-order valence-corrected chi connectivity index (χ2v) is 1.65. The maximum Gasteiger partial charge on any atom is 0.0510 e. The summed E-state index contributed by atoms with van der Waals surface area (Å²) >= 11 is 5.48. The van der Waals surface area contributed by atoms with E-state index in [1.807, 2.05) is 6.54 Å². The molecule has 0 saturated carbocycles. The van der Waals surface area contributed by atoms with E-state index in [4.69, 9.17) is 11.6 Å². The second-order valence-electron chi connectivity index (χ2n) is 1.17. The minimum Gasteiger partial charge on any atom is -0.385 e. The summed E-state index contributed by atoms with van der Waals surface area (Å²) in [5, 5.41) is 3.74. The summed E-state index contributed by atoms with van der Waals surface area (Å²) in [6.45, 7) is 1.91. The predicted octanol–water partition coefficient (Wildman–Crippen LogP) is 1.22. The van der Waals surface area contributed by atoms with Crippen molar-refractivity contribution in [3.05, 3.63) is 17.8 Å².